The van der Waals surface area contributed by atoms with Crippen molar-refractivity contribution in [2.75, 3.05) is 17.1 Å². The van der Waals surface area contributed by atoms with E-state index in [2.05, 4.69) is 14.7 Å². The van der Waals surface area contributed by atoms with Crippen LogP contribution in [0.2, 0.25) is 0 Å². The first-order valence-corrected chi connectivity index (χ1v) is 7.18. The molecule has 1 N–H and O–H groups in total. The molecule has 0 saturated heterocycles. The zero-order valence-corrected chi connectivity index (χ0v) is 10.8. The molecule has 0 aromatic carbocycles. The highest BCUT2D eigenvalue weighted by atomic mass is 32.2. The third-order valence-corrected chi connectivity index (χ3v) is 3.31. The predicted octanol–water partition coefficient (Wildman–Crippen LogP) is 1.42. The van der Waals surface area contributed by atoms with Gasteiger partial charge in [0.2, 0.25) is 10.0 Å². The number of hydrogen-bond donors (Lipinski definition) is 1. The highest BCUT2D eigenvalue weighted by Gasteiger charge is 2.10. The largest absolute Gasteiger partial charge is 0.464 e. The molecule has 0 aliphatic heterocycles. The van der Waals surface area contributed by atoms with Crippen molar-refractivity contribution in [1.29, 1.82) is 0 Å². The molecule has 0 unspecified atom stereocenters. The second-order valence-corrected chi connectivity index (χ2v) is 5.30. The molecule has 0 fully saturated rings. The van der Waals surface area contributed by atoms with E-state index in [-0.39, 0.29) is 11.8 Å². The van der Waals surface area contributed by atoms with Gasteiger partial charge < -0.3 is 4.74 Å². The molecule has 1 heterocycles. The van der Waals surface area contributed by atoms with Crippen LogP contribution in [0, 0.1) is 0 Å². The van der Waals surface area contributed by atoms with Crippen LogP contribution in [0.1, 0.15) is 26.7 Å². The number of nitrogens with one attached hydrogen (secondary N) is 1. The number of hydrogen-bond acceptors (Lipinski definition) is 5. The first-order chi connectivity index (χ1) is 8.07. The number of rotatable bonds is 7. The number of ether oxygens (including phenoxy) is 1. The molecule has 1 aromatic heterocycles. The summed E-state index contributed by atoms with van der Waals surface area (Å²) in [6.07, 6.45) is 4.25. The average molecular weight is 259 g/mol. The van der Waals surface area contributed by atoms with Crippen LogP contribution in [0.4, 0.5) is 5.69 Å². The summed E-state index contributed by atoms with van der Waals surface area (Å²) >= 11 is 0. The van der Waals surface area contributed by atoms with E-state index in [1.807, 2.05) is 13.8 Å². The molecule has 1 rings (SSSR count). The van der Waals surface area contributed by atoms with Gasteiger partial charge in [-0.25, -0.2) is 18.4 Å². The first kappa shape index (κ1) is 13.7. The molecule has 0 bridgehead atoms. The normalized spacial score (nSPS) is 11.2. The van der Waals surface area contributed by atoms with Crippen molar-refractivity contribution in [3.8, 4) is 6.01 Å². The van der Waals surface area contributed by atoms with Gasteiger partial charge in [0.1, 0.15) is 0 Å². The highest BCUT2D eigenvalue weighted by Crippen LogP contribution is 2.10. The Morgan fingerprint density at radius 3 is 2.47 bits per heavy atom. The highest BCUT2D eigenvalue weighted by molar-refractivity contribution is 7.92. The van der Waals surface area contributed by atoms with Crippen LogP contribution < -0.4 is 9.46 Å². The topological polar surface area (TPSA) is 81.2 Å². The molecule has 0 atom stereocenters. The van der Waals surface area contributed by atoms with E-state index in [0.29, 0.717) is 18.7 Å². The molecular weight excluding hydrogens is 242 g/mol. The van der Waals surface area contributed by atoms with Crippen molar-refractivity contribution in [3.63, 3.8) is 0 Å². The van der Waals surface area contributed by atoms with Crippen molar-refractivity contribution in [3.05, 3.63) is 12.4 Å². The fraction of sp³-hybridized carbons (Fsp3) is 0.600. The smallest absolute Gasteiger partial charge is 0.316 e. The third kappa shape index (κ3) is 4.99. The van der Waals surface area contributed by atoms with Crippen LogP contribution in [-0.2, 0) is 10.0 Å². The molecular formula is C10H17N3O3S. The van der Waals surface area contributed by atoms with E-state index in [0.717, 1.165) is 6.42 Å². The van der Waals surface area contributed by atoms with Gasteiger partial charge >= 0.3 is 6.01 Å². The maximum absolute atomic E-state index is 11.6. The predicted molar refractivity (Wildman–Crippen MR) is 65.5 cm³/mol. The van der Waals surface area contributed by atoms with Gasteiger partial charge in [-0.2, -0.15) is 0 Å². The summed E-state index contributed by atoms with van der Waals surface area (Å²) in [6, 6.07) is 0.240. The lowest BCUT2D eigenvalue weighted by molar-refractivity contribution is 0.312. The van der Waals surface area contributed by atoms with Crippen LogP contribution in [-0.4, -0.2) is 30.7 Å². The van der Waals surface area contributed by atoms with Crippen LogP contribution in [0.25, 0.3) is 0 Å². The second kappa shape index (κ2) is 6.39. The molecule has 6 nitrogen and oxygen atoms in total. The molecule has 1 aromatic rings. The number of sulfonamides is 1. The Morgan fingerprint density at radius 1 is 1.29 bits per heavy atom. The van der Waals surface area contributed by atoms with Crippen LogP contribution in [0.15, 0.2) is 12.4 Å². The Hall–Kier alpha value is -1.37. The lowest BCUT2D eigenvalue weighted by Gasteiger charge is -2.07. The Bertz CT molecular complexity index is 431. The fourth-order valence-electron chi connectivity index (χ4n) is 1.14. The van der Waals surface area contributed by atoms with Gasteiger partial charge in [0, 0.05) is 0 Å². The molecule has 17 heavy (non-hydrogen) atoms. The van der Waals surface area contributed by atoms with Gasteiger partial charge in [0.25, 0.3) is 0 Å². The van der Waals surface area contributed by atoms with E-state index in [1.54, 1.807) is 0 Å². The quantitative estimate of drug-likeness (QED) is 0.800. The minimum absolute atomic E-state index is 0.108. The summed E-state index contributed by atoms with van der Waals surface area (Å²) < 4.78 is 30.6. The van der Waals surface area contributed by atoms with Gasteiger partial charge in [-0.05, 0) is 13.3 Å². The molecule has 0 radical (unpaired) electrons. The van der Waals surface area contributed by atoms with Crippen molar-refractivity contribution in [2.24, 2.45) is 0 Å². The molecule has 0 spiro atoms. The standard InChI is InChI=1S/C10H17N3O3S/c1-3-5-6-17(14,15)13-9-7-11-10(12-8-9)16-4-2/h7-8,13H,3-6H2,1-2H3. The first-order valence-electron chi connectivity index (χ1n) is 5.52. The van der Waals surface area contributed by atoms with E-state index >= 15 is 0 Å². The molecule has 7 heteroatoms. The Kier molecular flexibility index (Phi) is 5.14. The van der Waals surface area contributed by atoms with Gasteiger partial charge in [0.15, 0.2) is 0 Å². The van der Waals surface area contributed by atoms with Crippen molar-refractivity contribution in [1.82, 2.24) is 9.97 Å². The minimum Gasteiger partial charge on any atom is -0.464 e. The Morgan fingerprint density at radius 2 is 1.94 bits per heavy atom. The van der Waals surface area contributed by atoms with E-state index < -0.39 is 10.0 Å². The molecule has 0 saturated carbocycles. The monoisotopic (exact) mass is 259 g/mol. The van der Waals surface area contributed by atoms with Crippen molar-refractivity contribution < 1.29 is 13.2 Å². The van der Waals surface area contributed by atoms with E-state index in [4.69, 9.17) is 4.74 Å². The molecule has 0 aliphatic rings. The number of aromatic nitrogens is 2. The second-order valence-electron chi connectivity index (χ2n) is 3.46. The summed E-state index contributed by atoms with van der Waals surface area (Å²) in [6.45, 7) is 4.24. The van der Waals surface area contributed by atoms with Crippen LogP contribution >= 0.6 is 0 Å². The lowest BCUT2D eigenvalue weighted by Crippen LogP contribution is -2.16. The van der Waals surface area contributed by atoms with Crippen molar-refractivity contribution in [2.45, 2.75) is 26.7 Å². The fourth-order valence-corrected chi connectivity index (χ4v) is 2.37. The average Bonchev–Trinajstić information content (AvgIpc) is 2.29. The summed E-state index contributed by atoms with van der Waals surface area (Å²) in [7, 11) is -3.29. The zero-order valence-electron chi connectivity index (χ0n) is 10.0. The Balaban J connectivity index is 2.62. The Labute approximate surface area is 101 Å². The van der Waals surface area contributed by atoms with Gasteiger partial charge in [-0.15, -0.1) is 0 Å². The van der Waals surface area contributed by atoms with E-state index in [1.165, 1.54) is 12.4 Å². The number of nitrogens with zero attached hydrogens (tertiary/aromatic N) is 2. The molecule has 96 valence electrons. The maximum Gasteiger partial charge on any atom is 0.316 e. The van der Waals surface area contributed by atoms with Gasteiger partial charge in [-0.1, -0.05) is 13.3 Å². The minimum atomic E-state index is -3.29. The van der Waals surface area contributed by atoms with Gasteiger partial charge in [-0.3, -0.25) is 4.72 Å². The third-order valence-electron chi connectivity index (χ3n) is 1.94. The number of anilines is 1. The summed E-state index contributed by atoms with van der Waals surface area (Å²) in [4.78, 5) is 7.75. The zero-order chi connectivity index (χ0) is 12.7. The molecule has 0 amide bonds. The van der Waals surface area contributed by atoms with Gasteiger partial charge in [0.05, 0.1) is 30.4 Å². The van der Waals surface area contributed by atoms with Crippen molar-refractivity contribution >= 4 is 15.7 Å². The maximum atomic E-state index is 11.6. The lowest BCUT2D eigenvalue weighted by atomic mass is 10.4. The summed E-state index contributed by atoms with van der Waals surface area (Å²) in [5.74, 6) is 0.108. The van der Waals surface area contributed by atoms with E-state index in [9.17, 15) is 8.42 Å². The summed E-state index contributed by atoms with van der Waals surface area (Å²) in [5, 5.41) is 0. The molecule has 0 aliphatic carbocycles. The van der Waals surface area contributed by atoms with Crippen LogP contribution in [0.5, 0.6) is 6.01 Å². The SMILES string of the molecule is CCCCS(=O)(=O)Nc1cnc(OCC)nc1. The number of unbranched alkanes of at least 4 members (excludes halogenated alkanes) is 1. The summed E-state index contributed by atoms with van der Waals surface area (Å²) in [5.41, 5.74) is 0.351. The van der Waals surface area contributed by atoms with Crippen LogP contribution in [0.3, 0.4) is 0 Å².